The third-order valence-corrected chi connectivity index (χ3v) is 5.92. The Morgan fingerprint density at radius 1 is 1.15 bits per heavy atom. The van der Waals surface area contributed by atoms with E-state index in [0.29, 0.717) is 0 Å². The minimum Gasteiger partial charge on any atom is -0.326 e. The maximum atomic E-state index is 12.5. The number of hydrogen-bond donors (Lipinski definition) is 1. The number of amides is 1. The first kappa shape index (κ1) is 15.6. The first-order valence-corrected chi connectivity index (χ1v) is 9.38. The molecule has 5 rings (SSSR count). The Morgan fingerprint density at radius 2 is 2.00 bits per heavy atom. The maximum absolute atomic E-state index is 12.5. The third kappa shape index (κ3) is 2.77. The van der Waals surface area contributed by atoms with Crippen LogP contribution in [0.4, 0.5) is 5.69 Å². The highest BCUT2D eigenvalue weighted by Gasteiger charge is 2.42. The number of pyridine rings is 1. The van der Waals surface area contributed by atoms with Crippen molar-refractivity contribution in [1.82, 2.24) is 14.6 Å². The van der Waals surface area contributed by atoms with Gasteiger partial charge >= 0.3 is 0 Å². The lowest BCUT2D eigenvalue weighted by atomic mass is 9.72. The third-order valence-electron chi connectivity index (χ3n) is 5.92. The van der Waals surface area contributed by atoms with E-state index < -0.39 is 0 Å². The van der Waals surface area contributed by atoms with Gasteiger partial charge in [0.15, 0.2) is 5.65 Å². The summed E-state index contributed by atoms with van der Waals surface area (Å²) in [5.41, 5.74) is 5.02. The van der Waals surface area contributed by atoms with Crippen molar-refractivity contribution in [2.75, 3.05) is 5.32 Å². The van der Waals surface area contributed by atoms with E-state index in [0.717, 1.165) is 47.1 Å². The molecule has 3 aromatic rings. The monoisotopic (exact) mass is 346 g/mol. The zero-order valence-electron chi connectivity index (χ0n) is 14.9. The summed E-state index contributed by atoms with van der Waals surface area (Å²) < 4.78 is 1.77. The van der Waals surface area contributed by atoms with Gasteiger partial charge in [-0.2, -0.15) is 5.10 Å². The molecule has 2 heterocycles. The van der Waals surface area contributed by atoms with E-state index in [1.807, 2.05) is 24.4 Å². The van der Waals surface area contributed by atoms with Crippen LogP contribution in [0.25, 0.3) is 16.8 Å². The van der Waals surface area contributed by atoms with Gasteiger partial charge in [-0.1, -0.05) is 6.07 Å². The number of carbonyl (C=O) groups is 1. The van der Waals surface area contributed by atoms with Crippen molar-refractivity contribution in [2.45, 2.75) is 32.6 Å². The average Bonchev–Trinajstić information content (AvgIpc) is 3.30. The summed E-state index contributed by atoms with van der Waals surface area (Å²) in [6.07, 6.45) is 8.40. The Labute approximate surface area is 152 Å². The van der Waals surface area contributed by atoms with Gasteiger partial charge in [0.2, 0.25) is 5.91 Å². The summed E-state index contributed by atoms with van der Waals surface area (Å²) >= 11 is 0. The minimum atomic E-state index is 0.170. The summed E-state index contributed by atoms with van der Waals surface area (Å²) in [6.45, 7) is 2.08. The first-order chi connectivity index (χ1) is 12.7. The van der Waals surface area contributed by atoms with Gasteiger partial charge in [-0.05, 0) is 79.8 Å². The summed E-state index contributed by atoms with van der Waals surface area (Å²) in [6, 6.07) is 10.1. The van der Waals surface area contributed by atoms with E-state index in [2.05, 4.69) is 34.5 Å². The molecule has 1 aromatic carbocycles. The Kier molecular flexibility index (Phi) is 3.55. The van der Waals surface area contributed by atoms with Crippen LogP contribution in [0.15, 0.2) is 42.9 Å². The van der Waals surface area contributed by atoms with Crippen molar-refractivity contribution in [2.24, 2.45) is 17.8 Å². The maximum Gasteiger partial charge on any atom is 0.227 e. The molecule has 5 heteroatoms. The van der Waals surface area contributed by atoms with Crippen LogP contribution in [0, 0.1) is 24.7 Å². The number of anilines is 1. The minimum absolute atomic E-state index is 0.170. The van der Waals surface area contributed by atoms with Gasteiger partial charge in [0.25, 0.3) is 0 Å². The van der Waals surface area contributed by atoms with Gasteiger partial charge in [0.05, 0.1) is 0 Å². The largest absolute Gasteiger partial charge is 0.326 e. The van der Waals surface area contributed by atoms with Crippen LogP contribution in [0.3, 0.4) is 0 Å². The van der Waals surface area contributed by atoms with Crippen LogP contribution < -0.4 is 5.32 Å². The predicted octanol–water partition coefficient (Wildman–Crippen LogP) is 4.08. The molecule has 26 heavy (non-hydrogen) atoms. The topological polar surface area (TPSA) is 59.3 Å². The number of aryl methyl sites for hydroxylation is 1. The molecule has 0 aliphatic heterocycles. The van der Waals surface area contributed by atoms with Crippen LogP contribution in [-0.4, -0.2) is 20.5 Å². The van der Waals surface area contributed by atoms with Crippen molar-refractivity contribution in [3.63, 3.8) is 0 Å². The number of aromatic nitrogens is 3. The van der Waals surface area contributed by atoms with Crippen molar-refractivity contribution in [3.8, 4) is 11.1 Å². The molecule has 2 fully saturated rings. The standard InChI is InChI=1S/C21H22N4O/c1-13-2-6-18(24-21(26)17-8-16(9-17)14-3-4-14)10-19(13)15-5-7-20-22-12-23-25(20)11-15/h2,5-7,10-12,14,16-17H,3-4,8-9H2,1H3,(H,24,26)/t16-,17+. The molecule has 0 atom stereocenters. The van der Waals surface area contributed by atoms with Crippen molar-refractivity contribution in [3.05, 3.63) is 48.4 Å². The second-order valence-electron chi connectivity index (χ2n) is 7.77. The van der Waals surface area contributed by atoms with Crippen LogP contribution in [0.2, 0.25) is 0 Å². The normalized spacial score (nSPS) is 22.2. The summed E-state index contributed by atoms with van der Waals surface area (Å²) in [5.74, 6) is 2.07. The molecule has 5 nitrogen and oxygen atoms in total. The van der Waals surface area contributed by atoms with Gasteiger partial charge < -0.3 is 5.32 Å². The van der Waals surface area contributed by atoms with Gasteiger partial charge in [0.1, 0.15) is 6.33 Å². The number of nitrogens with one attached hydrogen (secondary N) is 1. The van der Waals surface area contributed by atoms with Crippen LogP contribution in [-0.2, 0) is 4.79 Å². The lowest BCUT2D eigenvalue weighted by Gasteiger charge is -2.34. The second-order valence-corrected chi connectivity index (χ2v) is 7.77. The van der Waals surface area contributed by atoms with Crippen LogP contribution >= 0.6 is 0 Å². The van der Waals surface area contributed by atoms with E-state index in [1.54, 1.807) is 10.8 Å². The molecule has 0 bridgehead atoms. The summed E-state index contributed by atoms with van der Waals surface area (Å²) in [7, 11) is 0. The molecule has 0 unspecified atom stereocenters. The highest BCUT2D eigenvalue weighted by molar-refractivity contribution is 5.94. The highest BCUT2D eigenvalue weighted by atomic mass is 16.1. The Balaban J connectivity index is 1.35. The molecular weight excluding hydrogens is 324 g/mol. The van der Waals surface area contributed by atoms with Crippen molar-refractivity contribution >= 4 is 17.2 Å². The van der Waals surface area contributed by atoms with Crippen molar-refractivity contribution in [1.29, 1.82) is 0 Å². The van der Waals surface area contributed by atoms with E-state index in [-0.39, 0.29) is 11.8 Å². The fraction of sp³-hybridized carbons (Fsp3) is 0.381. The molecule has 1 amide bonds. The quantitative estimate of drug-likeness (QED) is 0.774. The SMILES string of the molecule is Cc1ccc(NC(=O)[C@H]2C[C@@H](C3CC3)C2)cc1-c1ccc2ncnn2c1. The van der Waals surface area contributed by atoms with E-state index in [9.17, 15) is 4.79 Å². The smallest absolute Gasteiger partial charge is 0.227 e. The lowest BCUT2D eigenvalue weighted by Crippen LogP contribution is -2.35. The van der Waals surface area contributed by atoms with Gasteiger partial charge in [-0.3, -0.25) is 4.79 Å². The fourth-order valence-corrected chi connectivity index (χ4v) is 4.06. The number of carbonyl (C=O) groups excluding carboxylic acids is 1. The fourth-order valence-electron chi connectivity index (χ4n) is 4.06. The number of fused-ring (bicyclic) bond motifs is 1. The highest BCUT2D eigenvalue weighted by Crippen LogP contribution is 2.49. The van der Waals surface area contributed by atoms with E-state index in [4.69, 9.17) is 0 Å². The summed E-state index contributed by atoms with van der Waals surface area (Å²) in [4.78, 5) is 16.7. The molecule has 1 N–H and O–H groups in total. The van der Waals surface area contributed by atoms with Crippen molar-refractivity contribution < 1.29 is 4.79 Å². The van der Waals surface area contributed by atoms with Gasteiger partial charge in [0, 0.05) is 23.4 Å². The average molecular weight is 346 g/mol. The number of hydrogen-bond acceptors (Lipinski definition) is 3. The number of benzene rings is 1. The molecule has 2 saturated carbocycles. The molecule has 0 radical (unpaired) electrons. The van der Waals surface area contributed by atoms with Crippen LogP contribution in [0.5, 0.6) is 0 Å². The zero-order chi connectivity index (χ0) is 17.7. The molecule has 132 valence electrons. The van der Waals surface area contributed by atoms with E-state index in [1.165, 1.54) is 18.4 Å². The molecule has 0 spiro atoms. The predicted molar refractivity (Wildman–Crippen MR) is 101 cm³/mol. The lowest BCUT2D eigenvalue weighted by molar-refractivity contribution is -0.124. The second kappa shape index (κ2) is 5.94. The molecule has 2 aliphatic carbocycles. The van der Waals surface area contributed by atoms with E-state index >= 15 is 0 Å². The number of nitrogens with zero attached hydrogens (tertiary/aromatic N) is 3. The number of rotatable bonds is 4. The zero-order valence-corrected chi connectivity index (χ0v) is 14.9. The molecule has 2 aromatic heterocycles. The molecule has 2 aliphatic rings. The first-order valence-electron chi connectivity index (χ1n) is 9.38. The Bertz CT molecular complexity index is 983. The molecule has 0 saturated heterocycles. The Morgan fingerprint density at radius 3 is 2.81 bits per heavy atom. The van der Waals surface area contributed by atoms with Gasteiger partial charge in [-0.15, -0.1) is 0 Å². The Hall–Kier alpha value is -2.69. The summed E-state index contributed by atoms with van der Waals surface area (Å²) in [5, 5.41) is 7.33. The van der Waals surface area contributed by atoms with Crippen LogP contribution in [0.1, 0.15) is 31.2 Å². The van der Waals surface area contributed by atoms with Gasteiger partial charge in [-0.25, -0.2) is 9.50 Å². The molecular formula is C21H22N4O.